The Morgan fingerprint density at radius 3 is 2.76 bits per heavy atom. The number of amides is 1. The molecule has 0 saturated heterocycles. The molecule has 9 nitrogen and oxygen atoms in total. The van der Waals surface area contributed by atoms with E-state index in [9.17, 15) is 9.18 Å². The fourth-order valence-electron chi connectivity index (χ4n) is 3.57. The van der Waals surface area contributed by atoms with Crippen molar-refractivity contribution in [2.45, 2.75) is 6.61 Å². The zero-order valence-corrected chi connectivity index (χ0v) is 18.3. The Bertz CT molecular complexity index is 1530. The largest absolute Gasteiger partial charge is 0.497 e. The summed E-state index contributed by atoms with van der Waals surface area (Å²) in [7, 11) is 3.05. The van der Waals surface area contributed by atoms with Gasteiger partial charge >= 0.3 is 0 Å². The van der Waals surface area contributed by atoms with E-state index >= 15 is 0 Å². The second-order valence-corrected chi connectivity index (χ2v) is 7.36. The van der Waals surface area contributed by atoms with Gasteiger partial charge in [0.25, 0.3) is 5.91 Å². The highest BCUT2D eigenvalue weighted by molar-refractivity contribution is 5.94. The van der Waals surface area contributed by atoms with Gasteiger partial charge in [-0.3, -0.25) is 9.78 Å². The minimum absolute atomic E-state index is 0.0343. The van der Waals surface area contributed by atoms with Gasteiger partial charge in [0.05, 0.1) is 23.9 Å². The Kier molecular flexibility index (Phi) is 5.46. The molecule has 34 heavy (non-hydrogen) atoms. The lowest BCUT2D eigenvalue weighted by atomic mass is 10.1. The molecule has 3 heterocycles. The van der Waals surface area contributed by atoms with Crippen molar-refractivity contribution in [2.24, 2.45) is 0 Å². The monoisotopic (exact) mass is 458 g/mol. The number of halogens is 1. The van der Waals surface area contributed by atoms with E-state index in [1.54, 1.807) is 42.1 Å². The van der Waals surface area contributed by atoms with Gasteiger partial charge in [0, 0.05) is 30.3 Å². The highest BCUT2D eigenvalue weighted by Crippen LogP contribution is 2.28. The first-order valence-electron chi connectivity index (χ1n) is 10.4. The number of aromatic nitrogens is 5. The summed E-state index contributed by atoms with van der Waals surface area (Å²) in [5.41, 5.74) is 2.24. The average molecular weight is 458 g/mol. The van der Waals surface area contributed by atoms with Crippen molar-refractivity contribution in [3.63, 3.8) is 0 Å². The van der Waals surface area contributed by atoms with Crippen molar-refractivity contribution in [3.05, 3.63) is 78.0 Å². The van der Waals surface area contributed by atoms with Crippen molar-refractivity contribution in [2.75, 3.05) is 14.2 Å². The van der Waals surface area contributed by atoms with E-state index in [-0.39, 0.29) is 12.2 Å². The molecule has 0 aliphatic heterocycles. The maximum absolute atomic E-state index is 14.4. The van der Waals surface area contributed by atoms with Crippen LogP contribution < -0.4 is 14.8 Å². The molecule has 1 N–H and O–H groups in total. The van der Waals surface area contributed by atoms with E-state index in [0.29, 0.717) is 34.2 Å². The van der Waals surface area contributed by atoms with E-state index in [1.165, 1.54) is 19.2 Å². The summed E-state index contributed by atoms with van der Waals surface area (Å²) in [5.74, 6) is 0.683. The molecule has 3 aromatic heterocycles. The number of nitrogens with one attached hydrogen (secondary N) is 1. The van der Waals surface area contributed by atoms with Gasteiger partial charge in [0.1, 0.15) is 23.9 Å². The molecule has 0 spiro atoms. The Labute approximate surface area is 193 Å². The van der Waals surface area contributed by atoms with Crippen molar-refractivity contribution in [1.82, 2.24) is 30.1 Å². The van der Waals surface area contributed by atoms with E-state index < -0.39 is 11.7 Å². The summed E-state index contributed by atoms with van der Waals surface area (Å²) >= 11 is 0. The van der Waals surface area contributed by atoms with Crippen LogP contribution in [-0.2, 0) is 6.61 Å². The van der Waals surface area contributed by atoms with Crippen molar-refractivity contribution >= 4 is 22.5 Å². The van der Waals surface area contributed by atoms with Crippen molar-refractivity contribution < 1.29 is 18.7 Å². The van der Waals surface area contributed by atoms with Crippen LogP contribution in [0.4, 0.5) is 4.39 Å². The highest BCUT2D eigenvalue weighted by Gasteiger charge is 2.14. The number of pyridine rings is 1. The zero-order valence-electron chi connectivity index (χ0n) is 18.3. The molecule has 170 valence electrons. The van der Waals surface area contributed by atoms with Crippen molar-refractivity contribution in [1.29, 1.82) is 0 Å². The van der Waals surface area contributed by atoms with Crippen LogP contribution in [0.5, 0.6) is 11.5 Å². The summed E-state index contributed by atoms with van der Waals surface area (Å²) in [6, 6.07) is 15.1. The molecule has 5 rings (SSSR count). The first-order valence-corrected chi connectivity index (χ1v) is 10.4. The van der Waals surface area contributed by atoms with Gasteiger partial charge in [-0.2, -0.15) is 9.61 Å². The van der Waals surface area contributed by atoms with Gasteiger partial charge in [0.2, 0.25) is 0 Å². The molecule has 0 bridgehead atoms. The fourth-order valence-corrected chi connectivity index (χ4v) is 3.57. The van der Waals surface area contributed by atoms with Gasteiger partial charge in [-0.1, -0.05) is 6.07 Å². The topological polar surface area (TPSA) is 104 Å². The van der Waals surface area contributed by atoms with Gasteiger partial charge in [-0.15, -0.1) is 10.2 Å². The number of carbonyl (C=O) groups is 1. The molecule has 0 fully saturated rings. The molecule has 0 radical (unpaired) electrons. The van der Waals surface area contributed by atoms with E-state index in [1.807, 2.05) is 18.2 Å². The number of hydrogen-bond donors (Lipinski definition) is 1. The lowest BCUT2D eigenvalue weighted by Crippen LogP contribution is -2.19. The lowest BCUT2D eigenvalue weighted by molar-refractivity contribution is 0.0959. The first kappa shape index (κ1) is 21.3. The third-order valence-corrected chi connectivity index (χ3v) is 5.33. The van der Waals surface area contributed by atoms with Gasteiger partial charge in [-0.25, -0.2) is 4.39 Å². The summed E-state index contributed by atoms with van der Waals surface area (Å²) in [6.45, 7) is 0.104. The molecule has 1 amide bonds. The first-order chi connectivity index (χ1) is 16.6. The molecule has 10 heteroatoms. The summed E-state index contributed by atoms with van der Waals surface area (Å²) in [6.07, 6.45) is 1.66. The standard InChI is InChI=1S/C24H19FN6O3/c1-26-24(32)16-5-3-14(11-18(16)25)19-7-8-22-28-29-23(31(22)30-19)13-34-21-9-10-27-20-12-15(33-2)4-6-17(20)21/h3-12H,13H2,1-2H3,(H,26,32). The molecule has 5 aromatic rings. The van der Waals surface area contributed by atoms with E-state index in [2.05, 4.69) is 25.6 Å². The maximum atomic E-state index is 14.4. The normalized spacial score (nSPS) is 11.0. The number of benzene rings is 2. The van der Waals surface area contributed by atoms with E-state index in [0.717, 1.165) is 10.9 Å². The van der Waals surface area contributed by atoms with Gasteiger partial charge in [-0.05, 0) is 42.5 Å². The Morgan fingerprint density at radius 1 is 1.09 bits per heavy atom. The summed E-state index contributed by atoms with van der Waals surface area (Å²) < 4.78 is 27.3. The molecule has 2 aromatic carbocycles. The molecular formula is C24H19FN6O3. The molecule has 0 saturated carbocycles. The predicted octanol–water partition coefficient (Wildman–Crippen LogP) is 3.43. The van der Waals surface area contributed by atoms with Crippen LogP contribution in [0.25, 0.3) is 27.8 Å². The quantitative estimate of drug-likeness (QED) is 0.416. The van der Waals surface area contributed by atoms with Crippen LogP contribution in [-0.4, -0.2) is 44.9 Å². The number of nitrogens with zero attached hydrogens (tertiary/aromatic N) is 5. The second-order valence-electron chi connectivity index (χ2n) is 7.36. The zero-order chi connectivity index (χ0) is 23.7. The Hall–Kier alpha value is -4.60. The number of fused-ring (bicyclic) bond motifs is 2. The molecule has 0 atom stereocenters. The van der Waals surface area contributed by atoms with Crippen LogP contribution in [0.15, 0.2) is 60.8 Å². The van der Waals surface area contributed by atoms with Crippen LogP contribution in [0.3, 0.4) is 0 Å². The molecular weight excluding hydrogens is 439 g/mol. The van der Waals surface area contributed by atoms with Crippen LogP contribution in [0.1, 0.15) is 16.2 Å². The minimum atomic E-state index is -0.632. The predicted molar refractivity (Wildman–Crippen MR) is 122 cm³/mol. The minimum Gasteiger partial charge on any atom is -0.497 e. The van der Waals surface area contributed by atoms with Crippen LogP contribution >= 0.6 is 0 Å². The van der Waals surface area contributed by atoms with Gasteiger partial charge < -0.3 is 14.8 Å². The SMILES string of the molecule is CNC(=O)c1ccc(-c2ccc3nnc(COc4ccnc5cc(OC)ccc45)n3n2)cc1F. The van der Waals surface area contributed by atoms with Crippen LogP contribution in [0, 0.1) is 5.82 Å². The summed E-state index contributed by atoms with van der Waals surface area (Å²) in [5, 5.41) is 16.1. The number of carbonyl (C=O) groups excluding carboxylic acids is 1. The Morgan fingerprint density at radius 2 is 1.97 bits per heavy atom. The van der Waals surface area contributed by atoms with Crippen LogP contribution in [0.2, 0.25) is 0 Å². The smallest absolute Gasteiger partial charge is 0.253 e. The number of rotatable bonds is 6. The Balaban J connectivity index is 1.44. The van der Waals surface area contributed by atoms with Gasteiger partial charge in [0.15, 0.2) is 11.5 Å². The fraction of sp³-hybridized carbons (Fsp3) is 0.125. The molecule has 0 aliphatic rings. The highest BCUT2D eigenvalue weighted by atomic mass is 19.1. The number of hydrogen-bond acceptors (Lipinski definition) is 7. The lowest BCUT2D eigenvalue weighted by Gasteiger charge is -2.09. The van der Waals surface area contributed by atoms with Crippen molar-refractivity contribution in [3.8, 4) is 22.8 Å². The molecule has 0 unspecified atom stereocenters. The average Bonchev–Trinajstić information content (AvgIpc) is 3.28. The second kappa shape index (κ2) is 8.74. The third kappa shape index (κ3) is 3.85. The number of ether oxygens (including phenoxy) is 2. The third-order valence-electron chi connectivity index (χ3n) is 5.33. The maximum Gasteiger partial charge on any atom is 0.253 e. The molecule has 0 aliphatic carbocycles. The number of methoxy groups -OCH3 is 1. The van der Waals surface area contributed by atoms with E-state index in [4.69, 9.17) is 9.47 Å². The summed E-state index contributed by atoms with van der Waals surface area (Å²) in [4.78, 5) is 16.1.